The second-order valence-corrected chi connectivity index (χ2v) is 0.773. The molecule has 36 valence electrons. The Morgan fingerprint density at radius 2 is 2.00 bits per heavy atom. The Balaban J connectivity index is 0. The molecule has 0 spiro atoms. The van der Waals surface area contributed by atoms with Gasteiger partial charge in [-0.2, -0.15) is 0 Å². The van der Waals surface area contributed by atoms with E-state index in [-0.39, 0.29) is 21.1 Å². The molecular weight excluding hydrogens is 287 g/mol. The van der Waals surface area contributed by atoms with Gasteiger partial charge in [-0.05, 0) is 0 Å². The van der Waals surface area contributed by atoms with Gasteiger partial charge in [-0.3, -0.25) is 0 Å². The molecule has 0 aliphatic carbocycles. The molecule has 0 aliphatic heterocycles. The van der Waals surface area contributed by atoms with E-state index < -0.39 is 11.8 Å². The average Bonchev–Trinajstić information content (AvgIpc) is 1.38. The van der Waals surface area contributed by atoms with Crippen molar-refractivity contribution in [3.63, 3.8) is 0 Å². The zero-order valence-electron chi connectivity index (χ0n) is 2.72. The van der Waals surface area contributed by atoms with Gasteiger partial charge < -0.3 is 9.90 Å². The molecule has 0 saturated carbocycles. The van der Waals surface area contributed by atoms with Crippen LogP contribution in [0.15, 0.2) is 0 Å². The molecule has 0 bridgehead atoms. The topological polar surface area (TPSA) is 40.1 Å². The fraction of sp³-hybridized carbons (Fsp3) is 0.500. The predicted molar refractivity (Wildman–Crippen MR) is 15.7 cm³/mol. The number of hydrogen-bond acceptors (Lipinski definition) is 2. The third-order valence-corrected chi connectivity index (χ3v) is 0.327. The number of carbonyl (C=O) groups is 1. The average molecular weight is 289 g/mol. The first-order valence-corrected chi connectivity index (χ1v) is 1.56. The van der Waals surface area contributed by atoms with Crippen molar-refractivity contribution in [3.8, 4) is 0 Å². The molecule has 0 fully saturated rings. The molecule has 4 heteroatoms. The van der Waals surface area contributed by atoms with Gasteiger partial charge in [0.25, 0.3) is 0 Å². The predicted octanol–water partition coefficient (Wildman–Crippen LogP) is -1.03. The SMILES string of the molecule is O=C([O-])CCl.[Pt+4]. The zero-order valence-corrected chi connectivity index (χ0v) is 5.75. The molecule has 0 aliphatic rings. The van der Waals surface area contributed by atoms with E-state index >= 15 is 0 Å². The number of rotatable bonds is 1. The molecule has 0 rings (SSSR count). The Labute approximate surface area is 54.8 Å². The van der Waals surface area contributed by atoms with Crippen molar-refractivity contribution in [1.29, 1.82) is 0 Å². The largest absolute Gasteiger partial charge is 4.00 e. The van der Waals surface area contributed by atoms with Crippen LogP contribution >= 0.6 is 11.6 Å². The third-order valence-electron chi connectivity index (χ3n) is 0.109. The molecule has 2 nitrogen and oxygen atoms in total. The summed E-state index contributed by atoms with van der Waals surface area (Å²) in [5.41, 5.74) is 0. The first kappa shape index (κ1) is 9.67. The number of hydrogen-bond donors (Lipinski definition) is 0. The number of carbonyl (C=O) groups excluding carboxylic acids is 1. The van der Waals surface area contributed by atoms with Crippen LogP contribution in [0.1, 0.15) is 0 Å². The van der Waals surface area contributed by atoms with Crippen LogP contribution in [0, 0.1) is 0 Å². The van der Waals surface area contributed by atoms with Crippen molar-refractivity contribution in [2.24, 2.45) is 0 Å². The minimum atomic E-state index is -1.23. The van der Waals surface area contributed by atoms with Crippen LogP contribution in [0.2, 0.25) is 0 Å². The minimum absolute atomic E-state index is 0. The maximum Gasteiger partial charge on any atom is 4.00 e. The summed E-state index contributed by atoms with van der Waals surface area (Å²) in [6, 6.07) is 0. The second-order valence-electron chi connectivity index (χ2n) is 0.506. The van der Waals surface area contributed by atoms with E-state index in [0.29, 0.717) is 0 Å². The summed E-state index contributed by atoms with van der Waals surface area (Å²) < 4.78 is 0. The molecule has 0 amide bonds. The Morgan fingerprint density at radius 1 is 1.83 bits per heavy atom. The van der Waals surface area contributed by atoms with Gasteiger partial charge in [-0.15, -0.1) is 11.6 Å². The quantitative estimate of drug-likeness (QED) is 0.579. The third kappa shape index (κ3) is 8.82. The number of carboxylic acids is 1. The van der Waals surface area contributed by atoms with E-state index in [1.165, 1.54) is 0 Å². The van der Waals surface area contributed by atoms with Crippen LogP contribution in [0.4, 0.5) is 0 Å². The van der Waals surface area contributed by atoms with Crippen molar-refractivity contribution in [1.82, 2.24) is 0 Å². The molecule has 0 saturated heterocycles. The molecule has 0 radical (unpaired) electrons. The Bertz CT molecular complexity index is 46.8. The first-order valence-electron chi connectivity index (χ1n) is 1.03. The zero-order chi connectivity index (χ0) is 4.28. The molecule has 6 heavy (non-hydrogen) atoms. The minimum Gasteiger partial charge on any atom is -0.549 e. The summed E-state index contributed by atoms with van der Waals surface area (Å²) in [5, 5.41) is 9.12. The Kier molecular flexibility index (Phi) is 8.78. The van der Waals surface area contributed by atoms with Gasteiger partial charge in [0.15, 0.2) is 0 Å². The molecule has 0 heterocycles. The molecule has 0 aromatic heterocycles. The second kappa shape index (κ2) is 5.45. The molecule has 0 atom stereocenters. The van der Waals surface area contributed by atoms with E-state index in [2.05, 4.69) is 11.6 Å². The summed E-state index contributed by atoms with van der Waals surface area (Å²) in [5.74, 6) is -1.65. The van der Waals surface area contributed by atoms with Gasteiger partial charge >= 0.3 is 21.1 Å². The Hall–Kier alpha value is 0.448. The molecular formula is C2H2ClO2Pt+3. The van der Waals surface area contributed by atoms with Crippen LogP contribution in [-0.2, 0) is 25.9 Å². The fourth-order valence-corrected chi connectivity index (χ4v) is 0. The maximum atomic E-state index is 9.12. The molecule has 0 unspecified atom stereocenters. The number of aliphatic carboxylic acids is 1. The molecule has 0 aromatic carbocycles. The summed E-state index contributed by atoms with van der Waals surface area (Å²) in [7, 11) is 0. The number of carboxylic acid groups (broad SMARTS) is 1. The van der Waals surface area contributed by atoms with Gasteiger partial charge in [0.1, 0.15) is 0 Å². The maximum absolute atomic E-state index is 9.12. The number of halogens is 1. The van der Waals surface area contributed by atoms with Gasteiger partial charge in [0.2, 0.25) is 0 Å². The molecule has 0 aromatic rings. The Morgan fingerprint density at radius 3 is 2.00 bits per heavy atom. The van der Waals surface area contributed by atoms with Crippen LogP contribution < -0.4 is 5.11 Å². The van der Waals surface area contributed by atoms with Crippen molar-refractivity contribution in [2.75, 3.05) is 5.88 Å². The van der Waals surface area contributed by atoms with Crippen molar-refractivity contribution in [3.05, 3.63) is 0 Å². The first-order chi connectivity index (χ1) is 2.27. The van der Waals surface area contributed by atoms with Crippen molar-refractivity contribution < 1.29 is 31.0 Å². The van der Waals surface area contributed by atoms with Gasteiger partial charge in [-0.1, -0.05) is 0 Å². The molecule has 0 N–H and O–H groups in total. The van der Waals surface area contributed by atoms with E-state index in [0.717, 1.165) is 0 Å². The van der Waals surface area contributed by atoms with E-state index in [4.69, 9.17) is 9.90 Å². The van der Waals surface area contributed by atoms with Gasteiger partial charge in [-0.25, -0.2) is 0 Å². The number of alkyl halides is 1. The van der Waals surface area contributed by atoms with Gasteiger partial charge in [0.05, 0.1) is 11.8 Å². The fourth-order valence-electron chi connectivity index (χ4n) is 0. The van der Waals surface area contributed by atoms with E-state index in [1.54, 1.807) is 0 Å². The van der Waals surface area contributed by atoms with Crippen LogP contribution in [0.5, 0.6) is 0 Å². The standard InChI is InChI=1S/C2H3ClO2.Pt/c3-1-2(4)5;/h1H2,(H,4,5);/q;+4/p-1. The normalized spacial score (nSPS) is 6.17. The van der Waals surface area contributed by atoms with E-state index in [9.17, 15) is 0 Å². The van der Waals surface area contributed by atoms with E-state index in [1.807, 2.05) is 0 Å². The van der Waals surface area contributed by atoms with Crippen LogP contribution in [-0.4, -0.2) is 11.8 Å². The van der Waals surface area contributed by atoms with Crippen molar-refractivity contribution >= 4 is 17.6 Å². The monoisotopic (exact) mass is 288 g/mol. The summed E-state index contributed by atoms with van der Waals surface area (Å²) >= 11 is 4.67. The summed E-state index contributed by atoms with van der Waals surface area (Å²) in [6.07, 6.45) is 0. The summed E-state index contributed by atoms with van der Waals surface area (Å²) in [4.78, 5) is 9.12. The van der Waals surface area contributed by atoms with Crippen molar-refractivity contribution in [2.45, 2.75) is 0 Å². The summed E-state index contributed by atoms with van der Waals surface area (Å²) in [6.45, 7) is 0. The smallest absolute Gasteiger partial charge is 0.549 e. The van der Waals surface area contributed by atoms with Gasteiger partial charge in [0, 0.05) is 0 Å². The van der Waals surface area contributed by atoms with Crippen LogP contribution in [0.3, 0.4) is 0 Å². The van der Waals surface area contributed by atoms with Crippen LogP contribution in [0.25, 0.3) is 0 Å².